The average Bonchev–Trinajstić information content (AvgIpc) is 2.57. The van der Waals surface area contributed by atoms with Gasteiger partial charge in [0.15, 0.2) is 5.78 Å². The number of carbonyl (C=O) groups excluding carboxylic acids is 1. The Morgan fingerprint density at radius 2 is 1.73 bits per heavy atom. The Balaban J connectivity index is 2.48. The normalized spacial score (nSPS) is 19.5. The predicted octanol–water partition coefficient (Wildman–Crippen LogP) is 6.30. The Kier molecular flexibility index (Phi) is 6.17. The van der Waals surface area contributed by atoms with Crippen molar-refractivity contribution in [2.75, 3.05) is 0 Å². The molecule has 0 aromatic heterocycles. The van der Waals surface area contributed by atoms with Crippen molar-refractivity contribution in [1.82, 2.24) is 0 Å². The number of aliphatic imine (C=N–C) groups is 1. The highest BCUT2D eigenvalue weighted by molar-refractivity contribution is 6.20. The van der Waals surface area contributed by atoms with E-state index in [9.17, 15) is 4.79 Å². The number of fused-ring (bicyclic) bond motifs is 1. The summed E-state index contributed by atoms with van der Waals surface area (Å²) in [6.07, 6.45) is 13.9. The minimum absolute atomic E-state index is 0.123. The summed E-state index contributed by atoms with van der Waals surface area (Å²) >= 11 is 0. The van der Waals surface area contributed by atoms with Gasteiger partial charge in [0, 0.05) is 11.5 Å². The van der Waals surface area contributed by atoms with Crippen LogP contribution < -0.4 is 0 Å². The van der Waals surface area contributed by atoms with Crippen LogP contribution in [-0.4, -0.2) is 11.5 Å². The van der Waals surface area contributed by atoms with Gasteiger partial charge in [-0.25, -0.2) is 0 Å². The first-order valence-electron chi connectivity index (χ1n) is 9.30. The standard InChI is InChI=1S/C24H31NO/c1-8-24(6,7)22-15-21(26)20-14-18(11-9-16(2)3)13-19(23(20)25-22)12-10-17(4)5/h8-10,13-15,20H,1,11-12H2,2-7H3. The van der Waals surface area contributed by atoms with Gasteiger partial charge in [0.2, 0.25) is 0 Å². The zero-order chi connectivity index (χ0) is 19.5. The van der Waals surface area contributed by atoms with E-state index in [0.717, 1.165) is 29.8 Å². The molecule has 0 aromatic carbocycles. The van der Waals surface area contributed by atoms with Crippen molar-refractivity contribution in [2.45, 2.75) is 54.4 Å². The van der Waals surface area contributed by atoms with Gasteiger partial charge in [-0.1, -0.05) is 55.4 Å². The molecular weight excluding hydrogens is 318 g/mol. The first-order chi connectivity index (χ1) is 12.1. The molecule has 26 heavy (non-hydrogen) atoms. The lowest BCUT2D eigenvalue weighted by atomic mass is 9.78. The Morgan fingerprint density at radius 1 is 1.12 bits per heavy atom. The highest BCUT2D eigenvalue weighted by Crippen LogP contribution is 2.36. The summed E-state index contributed by atoms with van der Waals surface area (Å²) in [5.41, 5.74) is 6.28. The van der Waals surface area contributed by atoms with E-state index in [-0.39, 0.29) is 17.1 Å². The lowest BCUT2D eigenvalue weighted by Crippen LogP contribution is -2.31. The molecule has 0 saturated carbocycles. The molecule has 0 aromatic rings. The molecule has 2 nitrogen and oxygen atoms in total. The second-order valence-corrected chi connectivity index (χ2v) is 8.21. The summed E-state index contributed by atoms with van der Waals surface area (Å²) in [5, 5.41) is 0. The van der Waals surface area contributed by atoms with Gasteiger partial charge in [-0.2, -0.15) is 0 Å². The van der Waals surface area contributed by atoms with Crippen LogP contribution in [0, 0.1) is 11.3 Å². The highest BCUT2D eigenvalue weighted by Gasteiger charge is 2.33. The average molecular weight is 350 g/mol. The van der Waals surface area contributed by atoms with Gasteiger partial charge >= 0.3 is 0 Å². The Morgan fingerprint density at radius 3 is 2.31 bits per heavy atom. The third-order valence-electron chi connectivity index (χ3n) is 4.84. The maximum atomic E-state index is 12.9. The molecule has 138 valence electrons. The van der Waals surface area contributed by atoms with Crippen molar-refractivity contribution in [1.29, 1.82) is 0 Å². The summed E-state index contributed by atoms with van der Waals surface area (Å²) in [5.74, 6) is -0.136. The van der Waals surface area contributed by atoms with Crippen LogP contribution in [0.5, 0.6) is 0 Å². The van der Waals surface area contributed by atoms with E-state index in [4.69, 9.17) is 4.99 Å². The molecule has 0 bridgehead atoms. The third-order valence-corrected chi connectivity index (χ3v) is 4.84. The second-order valence-electron chi connectivity index (χ2n) is 8.21. The minimum Gasteiger partial charge on any atom is -0.294 e. The van der Waals surface area contributed by atoms with Crippen molar-refractivity contribution in [3.8, 4) is 0 Å². The molecule has 1 atom stereocenters. The van der Waals surface area contributed by atoms with E-state index in [1.807, 2.05) is 19.9 Å². The molecule has 2 rings (SSSR count). The Labute approximate surface area is 158 Å². The zero-order valence-electron chi connectivity index (χ0n) is 17.0. The number of nitrogens with zero attached hydrogens (tertiary/aromatic N) is 1. The van der Waals surface area contributed by atoms with Gasteiger partial charge in [0.1, 0.15) is 0 Å². The first kappa shape index (κ1) is 20.1. The molecule has 1 aliphatic carbocycles. The smallest absolute Gasteiger partial charge is 0.170 e. The van der Waals surface area contributed by atoms with Crippen LogP contribution in [0.15, 0.2) is 76.0 Å². The number of hydrogen-bond acceptors (Lipinski definition) is 2. The van der Waals surface area contributed by atoms with Crippen molar-refractivity contribution < 1.29 is 4.79 Å². The molecule has 1 heterocycles. The first-order valence-corrected chi connectivity index (χ1v) is 9.30. The van der Waals surface area contributed by atoms with E-state index < -0.39 is 0 Å². The van der Waals surface area contributed by atoms with Crippen LogP contribution in [0.2, 0.25) is 0 Å². The largest absolute Gasteiger partial charge is 0.294 e. The molecule has 0 amide bonds. The van der Waals surface area contributed by atoms with Crippen LogP contribution >= 0.6 is 0 Å². The fourth-order valence-corrected chi connectivity index (χ4v) is 2.94. The topological polar surface area (TPSA) is 29.4 Å². The lowest BCUT2D eigenvalue weighted by Gasteiger charge is -2.30. The molecule has 2 aliphatic rings. The molecule has 0 radical (unpaired) electrons. The van der Waals surface area contributed by atoms with Crippen molar-refractivity contribution >= 4 is 11.5 Å². The molecule has 2 heteroatoms. The quantitative estimate of drug-likeness (QED) is 0.517. The van der Waals surface area contributed by atoms with Crippen molar-refractivity contribution in [3.05, 3.63) is 71.0 Å². The van der Waals surface area contributed by atoms with Crippen molar-refractivity contribution in [3.63, 3.8) is 0 Å². The van der Waals surface area contributed by atoms with Gasteiger partial charge in [0.05, 0.1) is 17.3 Å². The number of hydrogen-bond donors (Lipinski definition) is 0. The third kappa shape index (κ3) is 4.69. The fourth-order valence-electron chi connectivity index (χ4n) is 2.94. The van der Waals surface area contributed by atoms with Gasteiger partial charge in [0.25, 0.3) is 0 Å². The van der Waals surface area contributed by atoms with Gasteiger partial charge in [-0.15, -0.1) is 6.58 Å². The minimum atomic E-state index is -0.318. The van der Waals surface area contributed by atoms with Crippen LogP contribution in [0.25, 0.3) is 0 Å². The monoisotopic (exact) mass is 349 g/mol. The SMILES string of the molecule is C=CC(C)(C)C1=CC(=O)C2C=C(CC=C(C)C)C=C(CC=C(C)C)C2=N1. The molecule has 1 aliphatic heterocycles. The second kappa shape index (κ2) is 7.99. The summed E-state index contributed by atoms with van der Waals surface area (Å²) < 4.78 is 0. The van der Waals surface area contributed by atoms with Crippen molar-refractivity contribution in [2.24, 2.45) is 16.3 Å². The van der Waals surface area contributed by atoms with Crippen LogP contribution in [0.1, 0.15) is 54.4 Å². The highest BCUT2D eigenvalue weighted by atomic mass is 16.1. The molecular formula is C24H31NO. The fraction of sp³-hybridized carbons (Fsp3) is 0.417. The maximum absolute atomic E-state index is 12.9. The molecule has 1 unspecified atom stereocenters. The number of allylic oxidation sites excluding steroid dienone is 10. The summed E-state index contributed by atoms with van der Waals surface area (Å²) in [6.45, 7) is 16.4. The van der Waals surface area contributed by atoms with E-state index >= 15 is 0 Å². The Bertz CT molecular complexity index is 786. The molecule has 0 fully saturated rings. The zero-order valence-corrected chi connectivity index (χ0v) is 17.0. The molecule has 0 N–H and O–H groups in total. The van der Waals surface area contributed by atoms with Gasteiger partial charge in [-0.05, 0) is 51.7 Å². The van der Waals surface area contributed by atoms with E-state index in [1.54, 1.807) is 6.08 Å². The summed E-state index contributed by atoms with van der Waals surface area (Å²) in [7, 11) is 0. The Hall–Kier alpha value is -2.22. The molecule has 0 spiro atoms. The molecule has 0 saturated heterocycles. The van der Waals surface area contributed by atoms with Gasteiger partial charge < -0.3 is 0 Å². The number of carbonyl (C=O) groups is 1. The van der Waals surface area contributed by atoms with E-state index in [2.05, 4.69) is 58.6 Å². The van der Waals surface area contributed by atoms with E-state index in [0.29, 0.717) is 0 Å². The summed E-state index contributed by atoms with van der Waals surface area (Å²) in [4.78, 5) is 17.8. The van der Waals surface area contributed by atoms with Gasteiger partial charge in [-0.3, -0.25) is 9.79 Å². The number of ketones is 1. The summed E-state index contributed by atoms with van der Waals surface area (Å²) in [6, 6.07) is 0. The van der Waals surface area contributed by atoms with Crippen LogP contribution in [0.4, 0.5) is 0 Å². The number of rotatable bonds is 6. The maximum Gasteiger partial charge on any atom is 0.170 e. The lowest BCUT2D eigenvalue weighted by molar-refractivity contribution is -0.115. The predicted molar refractivity (Wildman–Crippen MR) is 112 cm³/mol. The van der Waals surface area contributed by atoms with E-state index in [1.165, 1.54) is 16.7 Å². The van der Waals surface area contributed by atoms with Crippen LogP contribution in [-0.2, 0) is 4.79 Å². The van der Waals surface area contributed by atoms with Crippen LogP contribution in [0.3, 0.4) is 0 Å².